The smallest absolute Gasteiger partial charge is 0.223 e. The van der Waals surface area contributed by atoms with Crippen molar-refractivity contribution in [3.63, 3.8) is 0 Å². The number of piperidine rings is 1. The monoisotopic (exact) mass is 312 g/mol. The highest BCUT2D eigenvalue weighted by molar-refractivity contribution is 5.79. The topological polar surface area (TPSA) is 50.2 Å². The van der Waals surface area contributed by atoms with E-state index in [-0.39, 0.29) is 17.9 Å². The van der Waals surface area contributed by atoms with E-state index >= 15 is 0 Å². The van der Waals surface area contributed by atoms with Crippen LogP contribution in [0.1, 0.15) is 26.7 Å². The lowest BCUT2D eigenvalue weighted by Crippen LogP contribution is -2.42. The van der Waals surface area contributed by atoms with Gasteiger partial charge in [0, 0.05) is 43.6 Å². The lowest BCUT2D eigenvalue weighted by Gasteiger charge is -2.33. The molecule has 0 spiro atoms. The number of hydrogen-bond acceptors (Lipinski definition) is 3. The Morgan fingerprint density at radius 1 is 1.22 bits per heavy atom. The van der Waals surface area contributed by atoms with Crippen LogP contribution in [-0.2, 0) is 4.79 Å². The normalized spacial score (nSPS) is 15.9. The maximum atomic E-state index is 12.2. The molecule has 1 saturated heterocycles. The molecule has 1 N–H and O–H groups in total. The molecule has 3 heterocycles. The van der Waals surface area contributed by atoms with E-state index in [0.717, 1.165) is 37.4 Å². The van der Waals surface area contributed by atoms with Gasteiger partial charge in [-0.15, -0.1) is 0 Å². The van der Waals surface area contributed by atoms with Gasteiger partial charge in [0.25, 0.3) is 0 Å². The molecule has 2 aromatic rings. The first kappa shape index (κ1) is 15.6. The van der Waals surface area contributed by atoms with E-state index in [9.17, 15) is 4.79 Å². The fourth-order valence-corrected chi connectivity index (χ4v) is 3.08. The van der Waals surface area contributed by atoms with Crippen LogP contribution in [0, 0.1) is 5.92 Å². The van der Waals surface area contributed by atoms with Gasteiger partial charge in [0.15, 0.2) is 5.82 Å². The predicted molar refractivity (Wildman–Crippen MR) is 91.8 cm³/mol. The second-order valence-electron chi connectivity index (χ2n) is 6.36. The van der Waals surface area contributed by atoms with E-state index < -0.39 is 0 Å². The quantitative estimate of drug-likeness (QED) is 0.944. The molecule has 23 heavy (non-hydrogen) atoms. The summed E-state index contributed by atoms with van der Waals surface area (Å²) in [4.78, 5) is 19.0. The van der Waals surface area contributed by atoms with E-state index in [0.29, 0.717) is 0 Å². The maximum Gasteiger partial charge on any atom is 0.223 e. The molecule has 5 heteroatoms. The van der Waals surface area contributed by atoms with Crippen LogP contribution in [0.5, 0.6) is 0 Å². The summed E-state index contributed by atoms with van der Waals surface area (Å²) in [6, 6.07) is 8.27. The molecule has 0 atom stereocenters. The van der Waals surface area contributed by atoms with Gasteiger partial charge < -0.3 is 14.8 Å². The standard InChI is InChI=1S/C18H24N4O/c1-14(2)20-18(23)15-7-12-22(13-8-15)17-16(6-5-9-19-17)21-10-3-4-11-21/h3-6,9-11,14-15H,7-8,12-13H2,1-2H3,(H,20,23). The number of hydrogen-bond donors (Lipinski definition) is 1. The summed E-state index contributed by atoms with van der Waals surface area (Å²) in [5.74, 6) is 1.30. The van der Waals surface area contributed by atoms with Crippen molar-refractivity contribution in [3.8, 4) is 5.69 Å². The number of carbonyl (C=O) groups excluding carboxylic acids is 1. The van der Waals surface area contributed by atoms with Gasteiger partial charge in [-0.25, -0.2) is 4.98 Å². The summed E-state index contributed by atoms with van der Waals surface area (Å²) in [7, 11) is 0. The molecule has 0 bridgehead atoms. The molecule has 0 unspecified atom stereocenters. The van der Waals surface area contributed by atoms with Crippen LogP contribution in [-0.4, -0.2) is 34.6 Å². The van der Waals surface area contributed by atoms with Gasteiger partial charge in [0.1, 0.15) is 0 Å². The minimum Gasteiger partial charge on any atom is -0.355 e. The third-order valence-electron chi connectivity index (χ3n) is 4.24. The van der Waals surface area contributed by atoms with Crippen LogP contribution in [0.2, 0.25) is 0 Å². The third kappa shape index (κ3) is 3.55. The highest BCUT2D eigenvalue weighted by Crippen LogP contribution is 2.27. The molecule has 1 amide bonds. The Balaban J connectivity index is 1.70. The molecule has 0 aliphatic carbocycles. The van der Waals surface area contributed by atoms with Crippen molar-refractivity contribution in [2.75, 3.05) is 18.0 Å². The summed E-state index contributed by atoms with van der Waals surface area (Å²) >= 11 is 0. The van der Waals surface area contributed by atoms with Crippen LogP contribution in [0.4, 0.5) is 5.82 Å². The fraction of sp³-hybridized carbons (Fsp3) is 0.444. The first-order chi connectivity index (χ1) is 11.1. The molecule has 5 nitrogen and oxygen atoms in total. The number of anilines is 1. The Hall–Kier alpha value is -2.30. The van der Waals surface area contributed by atoms with E-state index in [1.54, 1.807) is 0 Å². The van der Waals surface area contributed by atoms with Crippen LogP contribution >= 0.6 is 0 Å². The largest absolute Gasteiger partial charge is 0.355 e. The molecule has 122 valence electrons. The highest BCUT2D eigenvalue weighted by atomic mass is 16.1. The van der Waals surface area contributed by atoms with Crippen molar-refractivity contribution in [3.05, 3.63) is 42.9 Å². The number of rotatable bonds is 4. The van der Waals surface area contributed by atoms with Gasteiger partial charge in [-0.3, -0.25) is 4.79 Å². The Morgan fingerprint density at radius 2 is 1.91 bits per heavy atom. The van der Waals surface area contributed by atoms with Crippen molar-refractivity contribution < 1.29 is 4.79 Å². The van der Waals surface area contributed by atoms with Crippen LogP contribution in [0.25, 0.3) is 5.69 Å². The molecule has 1 fully saturated rings. The Morgan fingerprint density at radius 3 is 2.57 bits per heavy atom. The lowest BCUT2D eigenvalue weighted by molar-refractivity contribution is -0.126. The average Bonchev–Trinajstić information content (AvgIpc) is 3.09. The minimum absolute atomic E-state index is 0.118. The molecular formula is C18H24N4O. The SMILES string of the molecule is CC(C)NC(=O)C1CCN(c2ncccc2-n2cccc2)CC1. The van der Waals surface area contributed by atoms with Crippen molar-refractivity contribution in [2.24, 2.45) is 5.92 Å². The van der Waals surface area contributed by atoms with E-state index in [1.165, 1.54) is 0 Å². The number of carbonyl (C=O) groups is 1. The number of amides is 1. The summed E-state index contributed by atoms with van der Waals surface area (Å²) in [5, 5.41) is 3.02. The highest BCUT2D eigenvalue weighted by Gasteiger charge is 2.26. The van der Waals surface area contributed by atoms with Gasteiger partial charge in [-0.05, 0) is 51.0 Å². The Labute approximate surface area is 137 Å². The molecule has 2 aromatic heterocycles. The molecule has 1 aliphatic rings. The fourth-order valence-electron chi connectivity index (χ4n) is 3.08. The van der Waals surface area contributed by atoms with Gasteiger partial charge in [0.05, 0.1) is 5.69 Å². The predicted octanol–water partition coefficient (Wildman–Crippen LogP) is 2.61. The van der Waals surface area contributed by atoms with Crippen molar-refractivity contribution in [1.29, 1.82) is 0 Å². The lowest BCUT2D eigenvalue weighted by atomic mass is 9.95. The molecule has 3 rings (SSSR count). The zero-order valence-electron chi connectivity index (χ0n) is 13.8. The minimum atomic E-state index is 0.118. The van der Waals surface area contributed by atoms with Gasteiger partial charge in [-0.1, -0.05) is 0 Å². The Kier molecular flexibility index (Phi) is 4.65. The zero-order chi connectivity index (χ0) is 16.2. The molecule has 0 aromatic carbocycles. The second kappa shape index (κ2) is 6.86. The Bertz CT molecular complexity index is 643. The van der Waals surface area contributed by atoms with Gasteiger partial charge >= 0.3 is 0 Å². The summed E-state index contributed by atoms with van der Waals surface area (Å²) in [6.07, 6.45) is 7.65. The number of nitrogens with one attached hydrogen (secondary N) is 1. The van der Waals surface area contributed by atoms with E-state index in [1.807, 2.05) is 50.6 Å². The van der Waals surface area contributed by atoms with Crippen molar-refractivity contribution in [2.45, 2.75) is 32.7 Å². The maximum absolute atomic E-state index is 12.2. The molecule has 0 saturated carbocycles. The first-order valence-electron chi connectivity index (χ1n) is 8.29. The van der Waals surface area contributed by atoms with Crippen molar-refractivity contribution in [1.82, 2.24) is 14.9 Å². The number of nitrogens with zero attached hydrogens (tertiary/aromatic N) is 3. The summed E-state index contributed by atoms with van der Waals surface area (Å²) in [5.41, 5.74) is 1.09. The number of pyridine rings is 1. The molecule has 0 radical (unpaired) electrons. The van der Waals surface area contributed by atoms with Crippen LogP contribution in [0.15, 0.2) is 42.9 Å². The molecular weight excluding hydrogens is 288 g/mol. The number of aromatic nitrogens is 2. The van der Waals surface area contributed by atoms with Crippen molar-refractivity contribution >= 4 is 11.7 Å². The zero-order valence-corrected chi connectivity index (χ0v) is 13.8. The van der Waals surface area contributed by atoms with E-state index in [4.69, 9.17) is 0 Å². The van der Waals surface area contributed by atoms with Gasteiger partial charge in [0.2, 0.25) is 5.91 Å². The van der Waals surface area contributed by atoms with Gasteiger partial charge in [-0.2, -0.15) is 0 Å². The average molecular weight is 312 g/mol. The molecule has 1 aliphatic heterocycles. The summed E-state index contributed by atoms with van der Waals surface area (Å²) in [6.45, 7) is 5.73. The third-order valence-corrected chi connectivity index (χ3v) is 4.24. The second-order valence-corrected chi connectivity index (χ2v) is 6.36. The summed E-state index contributed by atoms with van der Waals surface area (Å²) < 4.78 is 2.08. The van der Waals surface area contributed by atoms with E-state index in [2.05, 4.69) is 25.8 Å². The van der Waals surface area contributed by atoms with Crippen LogP contribution < -0.4 is 10.2 Å². The first-order valence-corrected chi connectivity index (χ1v) is 8.29. The van der Waals surface area contributed by atoms with Crippen LogP contribution in [0.3, 0.4) is 0 Å².